The maximum absolute atomic E-state index is 17.1. The van der Waals surface area contributed by atoms with E-state index in [1.807, 2.05) is 93.6 Å². The number of anilines is 1. The number of ether oxygens (including phenoxy) is 2. The number of halogens is 2. The van der Waals surface area contributed by atoms with E-state index >= 15 is 4.39 Å². The number of piperazine rings is 2. The number of amides is 4. The SMILES string of the molecule is C=CC(=O)N1CCN(c2nc(OCCN3CCN(CCOCC(=O)N[C@H](C(=O)N4C[C@H](O)C[C@H]4C(=O)N[C@@H](C)c4ccc(-c5scnc5C)cc4)C(C)(C)C)CC3)nc3c(F)c(-c4cc(O)cc5ccccc45)c(Cl)cc23)CC1. The van der Waals surface area contributed by atoms with E-state index in [0.29, 0.717) is 61.4 Å². The van der Waals surface area contributed by atoms with E-state index in [2.05, 4.69) is 37.0 Å². The average molecular weight is 1120 g/mol. The molecule has 3 aliphatic rings. The largest absolute Gasteiger partial charge is 0.508 e. The summed E-state index contributed by atoms with van der Waals surface area (Å²) in [6.45, 7) is 18.9. The molecule has 0 radical (unpaired) electrons. The van der Waals surface area contributed by atoms with Crippen LogP contribution in [-0.2, 0) is 23.9 Å². The minimum atomic E-state index is -0.988. The highest BCUT2D eigenvalue weighted by molar-refractivity contribution is 7.13. The summed E-state index contributed by atoms with van der Waals surface area (Å²) in [6, 6.07) is 17.7. The molecule has 0 spiro atoms. The van der Waals surface area contributed by atoms with Crippen LogP contribution < -0.4 is 20.3 Å². The smallest absolute Gasteiger partial charge is 0.319 e. The Morgan fingerprint density at radius 3 is 2.29 bits per heavy atom. The Labute approximate surface area is 468 Å². The third kappa shape index (κ3) is 13.1. The number of aromatic nitrogens is 3. The Bertz CT molecular complexity index is 3210. The van der Waals surface area contributed by atoms with Crippen molar-refractivity contribution in [2.45, 2.75) is 65.3 Å². The quantitative estimate of drug-likeness (QED) is 0.0529. The predicted molar refractivity (Wildman–Crippen MR) is 304 cm³/mol. The van der Waals surface area contributed by atoms with Crippen LogP contribution in [0.5, 0.6) is 11.8 Å². The van der Waals surface area contributed by atoms with Gasteiger partial charge in [0.1, 0.15) is 42.4 Å². The zero-order valence-corrected chi connectivity index (χ0v) is 46.8. The van der Waals surface area contributed by atoms with Gasteiger partial charge in [0.25, 0.3) is 0 Å². The minimum absolute atomic E-state index is 0.00810. The number of fused-ring (bicyclic) bond motifs is 2. The number of β-amino-alcohol motifs (C(OH)–C–C–N with tert-alkyl or cyclic N) is 1. The summed E-state index contributed by atoms with van der Waals surface area (Å²) >= 11 is 8.48. The van der Waals surface area contributed by atoms with Gasteiger partial charge in [0, 0.05) is 89.4 Å². The molecule has 0 bridgehead atoms. The maximum atomic E-state index is 17.1. The van der Waals surface area contributed by atoms with Crippen LogP contribution in [0.2, 0.25) is 5.02 Å². The summed E-state index contributed by atoms with van der Waals surface area (Å²) in [7, 11) is 0. The molecule has 4 aromatic carbocycles. The first-order valence-electron chi connectivity index (χ1n) is 26.7. The van der Waals surface area contributed by atoms with Crippen LogP contribution in [0.25, 0.3) is 43.2 Å². The highest BCUT2D eigenvalue weighted by atomic mass is 35.5. The van der Waals surface area contributed by atoms with Crippen LogP contribution in [0.3, 0.4) is 0 Å². The molecule has 2 aromatic heterocycles. The molecule has 4 atom stereocenters. The molecule has 4 amide bonds. The number of thiazole rings is 1. The van der Waals surface area contributed by atoms with Crippen molar-refractivity contribution < 1.29 is 43.3 Å². The molecular formula is C58H68ClFN10O8S. The number of aryl methyl sites for hydroxylation is 1. The number of aliphatic hydroxyl groups excluding tert-OH is 1. The lowest BCUT2D eigenvalue weighted by Crippen LogP contribution is -2.58. The van der Waals surface area contributed by atoms with Crippen LogP contribution in [0.15, 0.2) is 84.9 Å². The Hall–Kier alpha value is -6.81. The summed E-state index contributed by atoms with van der Waals surface area (Å²) in [6.07, 6.45) is 0.467. The second kappa shape index (κ2) is 24.7. The number of likely N-dealkylation sites (tertiary alicyclic amines) is 1. The zero-order chi connectivity index (χ0) is 56.1. The first-order chi connectivity index (χ1) is 37.9. The van der Waals surface area contributed by atoms with Gasteiger partial charge < -0.3 is 45.0 Å². The fraction of sp³-hybridized carbons (Fsp3) is 0.431. The van der Waals surface area contributed by atoms with Gasteiger partial charge in [0.2, 0.25) is 23.6 Å². The molecule has 0 unspecified atom stereocenters. The van der Waals surface area contributed by atoms with Crippen molar-refractivity contribution in [1.82, 2.24) is 45.2 Å². The molecule has 79 heavy (non-hydrogen) atoms. The molecule has 9 rings (SSSR count). The van der Waals surface area contributed by atoms with E-state index in [1.54, 1.807) is 28.4 Å². The van der Waals surface area contributed by atoms with Crippen molar-refractivity contribution in [3.05, 3.63) is 107 Å². The molecule has 3 saturated heterocycles. The fourth-order valence-corrected chi connectivity index (χ4v) is 11.7. The Morgan fingerprint density at radius 2 is 1.62 bits per heavy atom. The maximum Gasteiger partial charge on any atom is 0.319 e. The highest BCUT2D eigenvalue weighted by Gasteiger charge is 2.45. The fourth-order valence-electron chi connectivity index (χ4n) is 10.6. The van der Waals surface area contributed by atoms with Gasteiger partial charge in [-0.2, -0.15) is 9.97 Å². The lowest BCUT2D eigenvalue weighted by atomic mass is 9.85. The van der Waals surface area contributed by atoms with Gasteiger partial charge in [-0.25, -0.2) is 9.37 Å². The number of nitrogens with zero attached hydrogens (tertiary/aromatic N) is 8. The number of phenols is 1. The van der Waals surface area contributed by atoms with Crippen LogP contribution in [0.4, 0.5) is 10.2 Å². The normalized spacial score (nSPS) is 18.2. The molecule has 21 heteroatoms. The molecule has 5 heterocycles. The number of aliphatic hydroxyl groups is 1. The summed E-state index contributed by atoms with van der Waals surface area (Å²) in [4.78, 5) is 78.1. The molecule has 4 N–H and O–H groups in total. The van der Waals surface area contributed by atoms with Gasteiger partial charge in [0.15, 0.2) is 5.82 Å². The van der Waals surface area contributed by atoms with Crippen molar-refractivity contribution in [2.24, 2.45) is 5.41 Å². The zero-order valence-electron chi connectivity index (χ0n) is 45.2. The van der Waals surface area contributed by atoms with E-state index in [-0.39, 0.29) is 78.5 Å². The van der Waals surface area contributed by atoms with Crippen LogP contribution >= 0.6 is 22.9 Å². The Kier molecular flexibility index (Phi) is 17.8. The highest BCUT2D eigenvalue weighted by Crippen LogP contribution is 2.43. The van der Waals surface area contributed by atoms with Gasteiger partial charge in [-0.1, -0.05) is 87.5 Å². The number of rotatable bonds is 18. The third-order valence-electron chi connectivity index (χ3n) is 15.0. The monoisotopic (exact) mass is 1120 g/mol. The van der Waals surface area contributed by atoms with Gasteiger partial charge in [-0.15, -0.1) is 11.3 Å². The van der Waals surface area contributed by atoms with E-state index < -0.39 is 41.2 Å². The molecule has 3 aliphatic heterocycles. The van der Waals surface area contributed by atoms with E-state index in [4.69, 9.17) is 26.1 Å². The van der Waals surface area contributed by atoms with Gasteiger partial charge in [-0.3, -0.25) is 29.0 Å². The number of hydrogen-bond acceptors (Lipinski definition) is 15. The molecule has 0 aliphatic carbocycles. The van der Waals surface area contributed by atoms with Gasteiger partial charge >= 0.3 is 6.01 Å². The third-order valence-corrected chi connectivity index (χ3v) is 16.2. The van der Waals surface area contributed by atoms with Gasteiger partial charge in [-0.05, 0) is 71.0 Å². The van der Waals surface area contributed by atoms with Crippen molar-refractivity contribution >= 4 is 74.1 Å². The van der Waals surface area contributed by atoms with Crippen molar-refractivity contribution in [1.29, 1.82) is 0 Å². The molecule has 0 saturated carbocycles. The first-order valence-corrected chi connectivity index (χ1v) is 27.9. The Morgan fingerprint density at radius 1 is 0.924 bits per heavy atom. The molecule has 3 fully saturated rings. The predicted octanol–water partition coefficient (Wildman–Crippen LogP) is 6.60. The molecular weight excluding hydrogens is 1050 g/mol. The molecule has 6 aromatic rings. The summed E-state index contributed by atoms with van der Waals surface area (Å²) < 4.78 is 29.1. The number of carbonyl (C=O) groups is 4. The van der Waals surface area contributed by atoms with Crippen molar-refractivity contribution in [2.75, 3.05) is 96.7 Å². The van der Waals surface area contributed by atoms with E-state index in [0.717, 1.165) is 53.3 Å². The minimum Gasteiger partial charge on any atom is -0.508 e. The summed E-state index contributed by atoms with van der Waals surface area (Å²) in [5.41, 5.74) is 4.49. The number of carbonyl (C=O) groups excluding carboxylic acids is 4. The van der Waals surface area contributed by atoms with Crippen molar-refractivity contribution in [3.8, 4) is 33.3 Å². The van der Waals surface area contributed by atoms with Gasteiger partial charge in [0.05, 0.1) is 39.9 Å². The van der Waals surface area contributed by atoms with E-state index in [1.165, 1.54) is 17.0 Å². The number of phenolic OH excluding ortho intramolecular Hbond substituents is 1. The lowest BCUT2D eigenvalue weighted by molar-refractivity contribution is -0.144. The molecule has 18 nitrogen and oxygen atoms in total. The first kappa shape index (κ1) is 56.9. The summed E-state index contributed by atoms with van der Waals surface area (Å²) in [5.74, 6) is -1.76. The second-order valence-electron chi connectivity index (χ2n) is 21.5. The van der Waals surface area contributed by atoms with E-state index in [9.17, 15) is 29.4 Å². The number of benzene rings is 4. The topological polar surface area (TPSA) is 206 Å². The number of aromatic hydroxyl groups is 1. The van der Waals surface area contributed by atoms with Crippen LogP contribution in [0.1, 0.15) is 51.4 Å². The number of nitrogens with one attached hydrogen (secondary N) is 2. The standard InChI is InChI=1S/C58H68ClFN10O8S/c1-7-48(74)68-20-22-69(23-21-68)54-44-31-45(59)49(43-29-40(71)28-39-10-8-9-11-42(39)43)50(60)51(44)64-57(65-54)78-27-25-67-18-16-66(17-19-67)24-26-77-33-47(73)63-53(58(4,5)6)56(76)70-32-41(72)30-46(70)55(75)62-35(2)37-12-14-38(15-13-37)52-36(3)61-34-79-52/h7-15,28-29,31,34-35,41,46,53,71-72H,1,16-27,30,32-33H2,2-6H3,(H,62,75)(H,63,73)/t35-,41+,46-,53+/m0/s1. The van der Waals surface area contributed by atoms with Crippen LogP contribution in [0, 0.1) is 18.2 Å². The second-order valence-corrected chi connectivity index (χ2v) is 22.7. The lowest BCUT2D eigenvalue weighted by Gasteiger charge is -2.35. The number of hydrogen-bond donors (Lipinski definition) is 4. The summed E-state index contributed by atoms with van der Waals surface area (Å²) in [5, 5.41) is 29.2. The van der Waals surface area contributed by atoms with Crippen molar-refractivity contribution in [3.63, 3.8) is 0 Å². The van der Waals surface area contributed by atoms with Crippen LogP contribution in [-0.4, -0.2) is 178 Å². The average Bonchev–Trinajstić information content (AvgIpc) is 4.24. The molecule has 418 valence electrons. The Balaban J connectivity index is 0.759.